The first kappa shape index (κ1) is 14.2. The second-order valence-electron chi connectivity index (χ2n) is 4.61. The van der Waals surface area contributed by atoms with E-state index in [4.69, 9.17) is 4.74 Å². The molecule has 1 aromatic heterocycles. The van der Waals surface area contributed by atoms with Crippen molar-refractivity contribution in [2.24, 2.45) is 5.92 Å². The number of ether oxygens (including phenoxy) is 1. The molecule has 1 saturated heterocycles. The van der Waals surface area contributed by atoms with Gasteiger partial charge in [-0.1, -0.05) is 0 Å². The van der Waals surface area contributed by atoms with Crippen LogP contribution in [0.1, 0.15) is 30.3 Å². The van der Waals surface area contributed by atoms with Gasteiger partial charge in [0.1, 0.15) is 5.69 Å². The number of piperidine rings is 1. The SMILES string of the molecule is CCOC(=O)C1CCN(C(=O)c2c[nH]c(=O)cn2)CC1. The van der Waals surface area contributed by atoms with Crippen molar-refractivity contribution in [1.29, 1.82) is 0 Å². The van der Waals surface area contributed by atoms with E-state index in [0.29, 0.717) is 32.5 Å². The summed E-state index contributed by atoms with van der Waals surface area (Å²) in [5.41, 5.74) is -0.137. The summed E-state index contributed by atoms with van der Waals surface area (Å²) in [6.07, 6.45) is 3.57. The lowest BCUT2D eigenvalue weighted by Gasteiger charge is -2.30. The van der Waals surface area contributed by atoms with Crippen LogP contribution in [0.25, 0.3) is 0 Å². The van der Waals surface area contributed by atoms with E-state index in [9.17, 15) is 14.4 Å². The topological polar surface area (TPSA) is 92.4 Å². The monoisotopic (exact) mass is 279 g/mol. The molecule has 0 aliphatic carbocycles. The van der Waals surface area contributed by atoms with Gasteiger partial charge < -0.3 is 14.6 Å². The highest BCUT2D eigenvalue weighted by Gasteiger charge is 2.29. The fourth-order valence-electron chi connectivity index (χ4n) is 2.20. The van der Waals surface area contributed by atoms with Gasteiger partial charge in [0.05, 0.1) is 18.7 Å². The smallest absolute Gasteiger partial charge is 0.309 e. The van der Waals surface area contributed by atoms with Crippen LogP contribution in [0.2, 0.25) is 0 Å². The molecule has 1 aliphatic rings. The molecule has 1 aliphatic heterocycles. The normalized spacial score (nSPS) is 15.9. The van der Waals surface area contributed by atoms with E-state index in [1.807, 2.05) is 0 Å². The van der Waals surface area contributed by atoms with E-state index in [1.165, 1.54) is 6.20 Å². The summed E-state index contributed by atoms with van der Waals surface area (Å²) < 4.78 is 4.98. The molecule has 0 aromatic carbocycles. The minimum absolute atomic E-state index is 0.137. The van der Waals surface area contributed by atoms with Crippen LogP contribution >= 0.6 is 0 Å². The fraction of sp³-hybridized carbons (Fsp3) is 0.538. The maximum Gasteiger partial charge on any atom is 0.309 e. The van der Waals surface area contributed by atoms with E-state index < -0.39 is 0 Å². The van der Waals surface area contributed by atoms with Crippen LogP contribution in [-0.4, -0.2) is 46.4 Å². The summed E-state index contributed by atoms with van der Waals surface area (Å²) in [6, 6.07) is 0. The highest BCUT2D eigenvalue weighted by molar-refractivity contribution is 5.92. The number of nitrogens with zero attached hydrogens (tertiary/aromatic N) is 2. The lowest BCUT2D eigenvalue weighted by Crippen LogP contribution is -2.41. The molecule has 0 bridgehead atoms. The van der Waals surface area contributed by atoms with Crippen LogP contribution in [0, 0.1) is 5.92 Å². The van der Waals surface area contributed by atoms with Gasteiger partial charge in [-0.25, -0.2) is 4.98 Å². The Labute approximate surface area is 116 Å². The van der Waals surface area contributed by atoms with Gasteiger partial charge in [0.15, 0.2) is 0 Å². The number of esters is 1. The van der Waals surface area contributed by atoms with E-state index in [2.05, 4.69) is 9.97 Å². The first-order chi connectivity index (χ1) is 9.61. The third kappa shape index (κ3) is 3.23. The average molecular weight is 279 g/mol. The summed E-state index contributed by atoms with van der Waals surface area (Å²) in [6.45, 7) is 3.13. The molecule has 7 heteroatoms. The van der Waals surface area contributed by atoms with E-state index in [0.717, 1.165) is 6.20 Å². The van der Waals surface area contributed by atoms with Gasteiger partial charge in [0, 0.05) is 19.3 Å². The Morgan fingerprint density at radius 2 is 2.15 bits per heavy atom. The zero-order valence-electron chi connectivity index (χ0n) is 11.3. The number of carbonyl (C=O) groups is 2. The molecule has 2 rings (SSSR count). The van der Waals surface area contributed by atoms with Gasteiger partial charge in [-0.05, 0) is 19.8 Å². The number of H-pyrrole nitrogens is 1. The second kappa shape index (κ2) is 6.31. The van der Waals surface area contributed by atoms with Crippen molar-refractivity contribution in [1.82, 2.24) is 14.9 Å². The highest BCUT2D eigenvalue weighted by atomic mass is 16.5. The number of aromatic nitrogens is 2. The molecule has 7 nitrogen and oxygen atoms in total. The molecule has 1 N–H and O–H groups in total. The molecular weight excluding hydrogens is 262 g/mol. The van der Waals surface area contributed by atoms with Gasteiger partial charge in [-0.2, -0.15) is 0 Å². The van der Waals surface area contributed by atoms with Gasteiger partial charge in [-0.15, -0.1) is 0 Å². The van der Waals surface area contributed by atoms with Crippen molar-refractivity contribution in [3.63, 3.8) is 0 Å². The molecule has 0 saturated carbocycles. The van der Waals surface area contributed by atoms with Crippen molar-refractivity contribution in [3.05, 3.63) is 28.4 Å². The predicted molar refractivity (Wildman–Crippen MR) is 70.1 cm³/mol. The average Bonchev–Trinajstić information content (AvgIpc) is 2.48. The largest absolute Gasteiger partial charge is 0.466 e. The molecule has 1 amide bonds. The first-order valence-corrected chi connectivity index (χ1v) is 6.62. The molecular formula is C13H17N3O4. The van der Waals surface area contributed by atoms with Gasteiger partial charge in [0.2, 0.25) is 0 Å². The maximum absolute atomic E-state index is 12.1. The van der Waals surface area contributed by atoms with Crippen LogP contribution in [0.15, 0.2) is 17.2 Å². The Kier molecular flexibility index (Phi) is 4.49. The Balaban J connectivity index is 1.93. The Morgan fingerprint density at radius 3 is 2.70 bits per heavy atom. The highest BCUT2D eigenvalue weighted by Crippen LogP contribution is 2.19. The van der Waals surface area contributed by atoms with Crippen molar-refractivity contribution in [2.75, 3.05) is 19.7 Å². The van der Waals surface area contributed by atoms with Crippen LogP contribution < -0.4 is 5.56 Å². The minimum atomic E-state index is -0.345. The van der Waals surface area contributed by atoms with Gasteiger partial charge >= 0.3 is 5.97 Å². The van der Waals surface area contributed by atoms with E-state index >= 15 is 0 Å². The van der Waals surface area contributed by atoms with E-state index in [1.54, 1.807) is 11.8 Å². The van der Waals surface area contributed by atoms with Crippen LogP contribution in [0.3, 0.4) is 0 Å². The fourth-order valence-corrected chi connectivity index (χ4v) is 2.20. The number of rotatable bonds is 3. The van der Waals surface area contributed by atoms with Crippen molar-refractivity contribution < 1.29 is 14.3 Å². The lowest BCUT2D eigenvalue weighted by atomic mass is 9.97. The Morgan fingerprint density at radius 1 is 1.45 bits per heavy atom. The molecule has 0 unspecified atom stereocenters. The number of hydrogen-bond acceptors (Lipinski definition) is 5. The molecule has 0 spiro atoms. The lowest BCUT2D eigenvalue weighted by molar-refractivity contribution is -0.149. The Hall–Kier alpha value is -2.18. The quantitative estimate of drug-likeness (QED) is 0.797. The molecule has 2 heterocycles. The minimum Gasteiger partial charge on any atom is -0.466 e. The molecule has 1 fully saturated rings. The standard InChI is InChI=1S/C13H17N3O4/c1-2-20-13(19)9-3-5-16(6-4-9)12(18)10-7-15-11(17)8-14-10/h7-9H,2-6H2,1H3,(H,15,17). The number of amides is 1. The number of likely N-dealkylation sites (tertiary alicyclic amines) is 1. The van der Waals surface area contributed by atoms with Crippen molar-refractivity contribution >= 4 is 11.9 Å². The number of carbonyl (C=O) groups excluding carboxylic acids is 2. The summed E-state index contributed by atoms with van der Waals surface area (Å²) in [7, 11) is 0. The zero-order valence-corrected chi connectivity index (χ0v) is 11.3. The zero-order chi connectivity index (χ0) is 14.5. The maximum atomic E-state index is 12.1. The van der Waals surface area contributed by atoms with Crippen molar-refractivity contribution in [2.45, 2.75) is 19.8 Å². The molecule has 0 atom stereocenters. The summed E-state index contributed by atoms with van der Waals surface area (Å²) >= 11 is 0. The summed E-state index contributed by atoms with van der Waals surface area (Å²) in [5, 5.41) is 0. The van der Waals surface area contributed by atoms with Gasteiger partial charge in [0.25, 0.3) is 11.5 Å². The third-order valence-corrected chi connectivity index (χ3v) is 3.29. The molecule has 108 valence electrons. The third-order valence-electron chi connectivity index (χ3n) is 3.29. The number of aromatic amines is 1. The molecule has 1 aromatic rings. The van der Waals surface area contributed by atoms with Crippen LogP contribution in [-0.2, 0) is 9.53 Å². The molecule has 20 heavy (non-hydrogen) atoms. The number of hydrogen-bond donors (Lipinski definition) is 1. The van der Waals surface area contributed by atoms with Crippen molar-refractivity contribution in [3.8, 4) is 0 Å². The van der Waals surface area contributed by atoms with Crippen LogP contribution in [0.5, 0.6) is 0 Å². The number of nitrogens with one attached hydrogen (secondary N) is 1. The first-order valence-electron chi connectivity index (χ1n) is 6.62. The van der Waals surface area contributed by atoms with Gasteiger partial charge in [-0.3, -0.25) is 14.4 Å². The summed E-state index contributed by atoms with van der Waals surface area (Å²) in [5.74, 6) is -0.562. The van der Waals surface area contributed by atoms with E-state index in [-0.39, 0.29) is 29.0 Å². The molecule has 0 radical (unpaired) electrons. The second-order valence-corrected chi connectivity index (χ2v) is 4.61. The Bertz CT molecular complexity index is 526. The predicted octanol–water partition coefficient (Wildman–Crippen LogP) is 0.185. The van der Waals surface area contributed by atoms with Crippen LogP contribution in [0.4, 0.5) is 0 Å². The summed E-state index contributed by atoms with van der Waals surface area (Å²) in [4.78, 5) is 42.5.